The smallest absolute Gasteiger partial charge is 0.276 e. The molecule has 2 saturated heterocycles. The summed E-state index contributed by atoms with van der Waals surface area (Å²) < 4.78 is 12.5. The Morgan fingerprint density at radius 1 is 1.19 bits per heavy atom. The van der Waals surface area contributed by atoms with Crippen molar-refractivity contribution in [1.29, 1.82) is 0 Å². The quantitative estimate of drug-likeness (QED) is 0.679. The van der Waals surface area contributed by atoms with E-state index in [0.29, 0.717) is 11.4 Å². The van der Waals surface area contributed by atoms with Crippen molar-refractivity contribution < 1.29 is 9.47 Å². The molecule has 31 heavy (non-hydrogen) atoms. The largest absolute Gasteiger partial charge is 0.497 e. The molecule has 2 unspecified atom stereocenters. The molecular weight excluding hydrogens is 394 g/mol. The third-order valence-electron chi connectivity index (χ3n) is 6.64. The van der Waals surface area contributed by atoms with E-state index in [0.717, 1.165) is 63.1 Å². The van der Waals surface area contributed by atoms with E-state index in [1.165, 1.54) is 5.56 Å². The monoisotopic (exact) mass is 423 g/mol. The summed E-state index contributed by atoms with van der Waals surface area (Å²) in [5, 5.41) is 4.88. The Morgan fingerprint density at radius 3 is 2.71 bits per heavy atom. The summed E-state index contributed by atoms with van der Waals surface area (Å²) in [4.78, 5) is 22.8. The number of fused-ring (bicyclic) bond motifs is 1. The Kier molecular flexibility index (Phi) is 5.50. The molecule has 8 heteroatoms. The summed E-state index contributed by atoms with van der Waals surface area (Å²) in [6.45, 7) is 6.40. The molecule has 2 aliphatic heterocycles. The lowest BCUT2D eigenvalue weighted by molar-refractivity contribution is 0.0832. The molecule has 8 nitrogen and oxygen atoms in total. The molecular formula is C23H29N5O3. The number of aromatic nitrogens is 4. The molecule has 3 aromatic rings. The van der Waals surface area contributed by atoms with Gasteiger partial charge in [0.05, 0.1) is 13.3 Å². The number of ether oxygens (including phenoxy) is 2. The summed E-state index contributed by atoms with van der Waals surface area (Å²) in [5.41, 5.74) is 1.66. The van der Waals surface area contributed by atoms with Crippen molar-refractivity contribution in [2.45, 2.75) is 38.1 Å². The van der Waals surface area contributed by atoms with Gasteiger partial charge in [0.1, 0.15) is 17.4 Å². The Labute approximate surface area is 181 Å². The van der Waals surface area contributed by atoms with Gasteiger partial charge >= 0.3 is 0 Å². The zero-order valence-electron chi connectivity index (χ0n) is 18.1. The average Bonchev–Trinajstić information content (AvgIpc) is 3.38. The van der Waals surface area contributed by atoms with E-state index in [9.17, 15) is 4.79 Å². The Balaban J connectivity index is 1.38. The average molecular weight is 424 g/mol. The van der Waals surface area contributed by atoms with Gasteiger partial charge in [-0.1, -0.05) is 19.1 Å². The van der Waals surface area contributed by atoms with Crippen molar-refractivity contribution in [3.8, 4) is 5.75 Å². The maximum absolute atomic E-state index is 12.8. The first-order valence-corrected chi connectivity index (χ1v) is 11.0. The molecule has 2 atom stereocenters. The Hall–Kier alpha value is -2.71. The highest BCUT2D eigenvalue weighted by Crippen LogP contribution is 2.32. The van der Waals surface area contributed by atoms with E-state index >= 15 is 0 Å². The van der Waals surface area contributed by atoms with Crippen LogP contribution in [0.3, 0.4) is 0 Å². The van der Waals surface area contributed by atoms with Gasteiger partial charge in [-0.2, -0.15) is 5.10 Å². The second-order valence-corrected chi connectivity index (χ2v) is 8.77. The van der Waals surface area contributed by atoms with E-state index in [4.69, 9.17) is 14.6 Å². The topological polar surface area (TPSA) is 84.8 Å². The number of aromatic amines is 1. The van der Waals surface area contributed by atoms with Crippen LogP contribution in [0.25, 0.3) is 5.52 Å². The fraction of sp³-hybridized carbons (Fsp3) is 0.522. The van der Waals surface area contributed by atoms with E-state index in [1.54, 1.807) is 17.8 Å². The Morgan fingerprint density at radius 2 is 1.97 bits per heavy atom. The van der Waals surface area contributed by atoms with Gasteiger partial charge in [-0.3, -0.25) is 9.69 Å². The van der Waals surface area contributed by atoms with Crippen molar-refractivity contribution in [2.75, 3.05) is 33.4 Å². The van der Waals surface area contributed by atoms with Gasteiger partial charge in [-0.15, -0.1) is 0 Å². The normalized spacial score (nSPS) is 22.9. The van der Waals surface area contributed by atoms with Gasteiger partial charge in [0, 0.05) is 44.7 Å². The molecule has 2 fully saturated rings. The highest BCUT2D eigenvalue weighted by molar-refractivity contribution is 5.42. The van der Waals surface area contributed by atoms with Gasteiger partial charge in [0.15, 0.2) is 5.52 Å². The minimum absolute atomic E-state index is 0.114. The summed E-state index contributed by atoms with van der Waals surface area (Å²) in [6, 6.07) is 8.20. The number of rotatable bonds is 5. The first-order chi connectivity index (χ1) is 15.1. The van der Waals surface area contributed by atoms with Crippen LogP contribution in [0.5, 0.6) is 5.75 Å². The molecule has 164 valence electrons. The minimum atomic E-state index is -0.114. The van der Waals surface area contributed by atoms with E-state index < -0.39 is 0 Å². The lowest BCUT2D eigenvalue weighted by Gasteiger charge is -2.21. The number of H-pyrrole nitrogens is 1. The zero-order valence-corrected chi connectivity index (χ0v) is 18.1. The van der Waals surface area contributed by atoms with Crippen LogP contribution in [-0.2, 0) is 11.3 Å². The Bertz CT molecular complexity index is 1100. The number of imidazole rings is 1. The van der Waals surface area contributed by atoms with Crippen molar-refractivity contribution in [1.82, 2.24) is 24.5 Å². The van der Waals surface area contributed by atoms with Crippen LogP contribution in [0.15, 0.2) is 35.3 Å². The van der Waals surface area contributed by atoms with Gasteiger partial charge in [0.2, 0.25) is 0 Å². The van der Waals surface area contributed by atoms with Crippen LogP contribution in [0.1, 0.15) is 48.8 Å². The maximum atomic E-state index is 12.8. The van der Waals surface area contributed by atoms with Crippen LogP contribution in [0, 0.1) is 5.92 Å². The number of nitrogens with one attached hydrogen (secondary N) is 1. The molecule has 0 saturated carbocycles. The van der Waals surface area contributed by atoms with Crippen LogP contribution in [-0.4, -0.2) is 57.9 Å². The lowest BCUT2D eigenvalue weighted by atomic mass is 9.97. The molecule has 2 aliphatic rings. The summed E-state index contributed by atoms with van der Waals surface area (Å²) >= 11 is 0. The summed E-state index contributed by atoms with van der Waals surface area (Å²) in [5.74, 6) is 3.37. The molecule has 5 rings (SSSR count). The molecule has 2 aromatic heterocycles. The highest BCUT2D eigenvalue weighted by atomic mass is 16.5. The fourth-order valence-corrected chi connectivity index (χ4v) is 4.88. The van der Waals surface area contributed by atoms with Crippen molar-refractivity contribution in [3.05, 3.63) is 58.0 Å². The first-order valence-electron chi connectivity index (χ1n) is 11.0. The second-order valence-electron chi connectivity index (χ2n) is 8.77. The first kappa shape index (κ1) is 20.2. The lowest BCUT2D eigenvalue weighted by Crippen LogP contribution is -2.24. The van der Waals surface area contributed by atoms with Crippen LogP contribution in [0.2, 0.25) is 0 Å². The maximum Gasteiger partial charge on any atom is 0.276 e. The molecule has 1 N–H and O–H groups in total. The van der Waals surface area contributed by atoms with Crippen LogP contribution in [0.4, 0.5) is 0 Å². The number of methoxy groups -OCH3 is 1. The van der Waals surface area contributed by atoms with E-state index in [2.05, 4.69) is 33.9 Å². The standard InChI is InChI=1S/C23H29N5O3/c1-15-12-27(13-16-3-5-18(30-2)6-4-16)14-19(15)21-25-23(29)20-11-24-22(28(20)26-21)17-7-9-31-10-8-17/h3-6,11,15,17,19H,7-10,12-14H2,1-2H3,(H,25,26,29). The predicted molar refractivity (Wildman–Crippen MR) is 117 cm³/mol. The minimum Gasteiger partial charge on any atom is -0.497 e. The van der Waals surface area contributed by atoms with Crippen molar-refractivity contribution in [2.24, 2.45) is 5.92 Å². The zero-order chi connectivity index (χ0) is 21.4. The number of hydrogen-bond donors (Lipinski definition) is 1. The van der Waals surface area contributed by atoms with Gasteiger partial charge < -0.3 is 14.5 Å². The highest BCUT2D eigenvalue weighted by Gasteiger charge is 2.33. The van der Waals surface area contributed by atoms with Crippen LogP contribution >= 0.6 is 0 Å². The number of likely N-dealkylation sites (tertiary alicyclic amines) is 1. The molecule has 4 heterocycles. The molecule has 0 bridgehead atoms. The number of nitrogens with zero attached hydrogens (tertiary/aromatic N) is 4. The molecule has 0 spiro atoms. The molecule has 1 aromatic carbocycles. The van der Waals surface area contributed by atoms with Crippen LogP contribution < -0.4 is 10.3 Å². The second kappa shape index (κ2) is 8.43. The SMILES string of the molecule is COc1ccc(CN2CC(C)C(c3nn4c(C5CCOCC5)ncc4c(=O)[nH]3)C2)cc1. The predicted octanol–water partition coefficient (Wildman–Crippen LogP) is 2.56. The molecule has 0 radical (unpaired) electrons. The molecule has 0 aliphatic carbocycles. The van der Waals surface area contributed by atoms with Crippen molar-refractivity contribution >= 4 is 5.52 Å². The third kappa shape index (κ3) is 3.97. The van der Waals surface area contributed by atoms with Crippen molar-refractivity contribution in [3.63, 3.8) is 0 Å². The third-order valence-corrected chi connectivity index (χ3v) is 6.64. The number of hydrogen-bond acceptors (Lipinski definition) is 6. The summed E-state index contributed by atoms with van der Waals surface area (Å²) in [7, 11) is 1.68. The number of benzene rings is 1. The van der Waals surface area contributed by atoms with Gasteiger partial charge in [-0.05, 0) is 36.5 Å². The van der Waals surface area contributed by atoms with E-state index in [1.807, 2.05) is 12.1 Å². The molecule has 0 amide bonds. The van der Waals surface area contributed by atoms with Gasteiger partial charge in [-0.25, -0.2) is 9.50 Å². The van der Waals surface area contributed by atoms with Gasteiger partial charge in [0.25, 0.3) is 5.56 Å². The summed E-state index contributed by atoms with van der Waals surface area (Å²) in [6.07, 6.45) is 3.48. The fourth-order valence-electron chi connectivity index (χ4n) is 4.88. The van der Waals surface area contributed by atoms with E-state index in [-0.39, 0.29) is 17.4 Å².